The first-order valence-electron chi connectivity index (χ1n) is 17.9. The van der Waals surface area contributed by atoms with Crippen LogP contribution in [0.2, 0.25) is 0 Å². The molecule has 1 aliphatic carbocycles. The average molecular weight is 680 g/mol. The van der Waals surface area contributed by atoms with Gasteiger partial charge in [0.2, 0.25) is 0 Å². The van der Waals surface area contributed by atoms with Crippen molar-refractivity contribution in [2.45, 2.75) is 19.3 Å². The lowest BCUT2D eigenvalue weighted by molar-refractivity contribution is 0.660. The first kappa shape index (κ1) is 30.9. The lowest BCUT2D eigenvalue weighted by atomic mass is 9.82. The van der Waals surface area contributed by atoms with Gasteiger partial charge in [-0.2, -0.15) is 0 Å². The molecule has 0 unspecified atom stereocenters. The highest BCUT2D eigenvalue weighted by Gasteiger charge is 2.35. The Morgan fingerprint density at radius 1 is 0.377 bits per heavy atom. The molecule has 5 heteroatoms. The molecule has 250 valence electrons. The fourth-order valence-corrected chi connectivity index (χ4v) is 7.93. The highest BCUT2D eigenvalue weighted by atomic mass is 15.0. The van der Waals surface area contributed by atoms with Crippen molar-refractivity contribution in [3.63, 3.8) is 0 Å². The number of hydrogen-bond donors (Lipinski definition) is 0. The minimum absolute atomic E-state index is 0.0743. The molecule has 6 aromatic carbocycles. The zero-order valence-electron chi connectivity index (χ0n) is 29.3. The predicted octanol–water partition coefficient (Wildman–Crippen LogP) is 11.6. The number of fused-ring (bicyclic) bond motifs is 6. The molecule has 0 N–H and O–H groups in total. The highest BCUT2D eigenvalue weighted by molar-refractivity contribution is 6.10. The van der Waals surface area contributed by atoms with Gasteiger partial charge in [0.05, 0.1) is 11.0 Å². The lowest BCUT2D eigenvalue weighted by Crippen LogP contribution is -2.14. The molecule has 53 heavy (non-hydrogen) atoms. The Kier molecular flexibility index (Phi) is 7.08. The number of rotatable bonds is 5. The maximum Gasteiger partial charge on any atom is 0.164 e. The Balaban J connectivity index is 1.24. The standard InChI is InChI=1S/C48H33N5/c1-48(2)41-20-10-9-18-37(41)40-28-32(21-22-42(40)48)34-25-35(39-29-33-17-11-23-49-43(33)44-38(39)19-12-24-50-44)27-36(26-34)47-52-45(30-13-5-3-6-14-30)51-46(53-47)31-15-7-4-8-16-31/h3-29H,1-2H3. The van der Waals surface area contributed by atoms with Gasteiger partial charge >= 0.3 is 0 Å². The topological polar surface area (TPSA) is 64.5 Å². The molecule has 0 aliphatic heterocycles. The third-order valence-electron chi connectivity index (χ3n) is 10.6. The number of aromatic nitrogens is 5. The van der Waals surface area contributed by atoms with E-state index in [0.717, 1.165) is 60.8 Å². The molecule has 0 atom stereocenters. The second kappa shape index (κ2) is 12.1. The van der Waals surface area contributed by atoms with Gasteiger partial charge in [-0.05, 0) is 87.0 Å². The van der Waals surface area contributed by atoms with Gasteiger partial charge in [0.1, 0.15) is 0 Å². The minimum atomic E-state index is -0.0743. The number of benzene rings is 6. The van der Waals surface area contributed by atoms with Crippen molar-refractivity contribution in [3.05, 3.63) is 175 Å². The molecule has 3 aromatic heterocycles. The van der Waals surface area contributed by atoms with Crippen molar-refractivity contribution < 1.29 is 0 Å². The van der Waals surface area contributed by atoms with Crippen molar-refractivity contribution in [3.8, 4) is 67.5 Å². The fourth-order valence-electron chi connectivity index (χ4n) is 7.93. The quantitative estimate of drug-likeness (QED) is 0.169. The maximum atomic E-state index is 5.14. The van der Waals surface area contributed by atoms with Crippen LogP contribution in [0, 0.1) is 0 Å². The van der Waals surface area contributed by atoms with Crippen LogP contribution in [0.25, 0.3) is 89.4 Å². The summed E-state index contributed by atoms with van der Waals surface area (Å²) in [6.45, 7) is 4.64. The zero-order chi connectivity index (χ0) is 35.5. The van der Waals surface area contributed by atoms with Gasteiger partial charge in [-0.1, -0.05) is 123 Å². The van der Waals surface area contributed by atoms with Gasteiger partial charge in [-0.25, -0.2) is 15.0 Å². The Labute approximate surface area is 307 Å². The van der Waals surface area contributed by atoms with Gasteiger partial charge in [-0.3, -0.25) is 9.97 Å². The van der Waals surface area contributed by atoms with E-state index in [-0.39, 0.29) is 5.41 Å². The second-order valence-corrected chi connectivity index (χ2v) is 14.2. The summed E-state index contributed by atoms with van der Waals surface area (Å²) in [6, 6.07) is 53.1. The maximum absolute atomic E-state index is 5.14. The summed E-state index contributed by atoms with van der Waals surface area (Å²) in [7, 11) is 0. The van der Waals surface area contributed by atoms with Gasteiger partial charge in [0, 0.05) is 45.3 Å². The summed E-state index contributed by atoms with van der Waals surface area (Å²) >= 11 is 0. The van der Waals surface area contributed by atoms with E-state index in [1.165, 1.54) is 22.3 Å². The molecule has 0 saturated heterocycles. The van der Waals surface area contributed by atoms with Gasteiger partial charge in [0.25, 0.3) is 0 Å². The van der Waals surface area contributed by atoms with Crippen LogP contribution in [0.4, 0.5) is 0 Å². The number of pyridine rings is 2. The van der Waals surface area contributed by atoms with E-state index in [2.05, 4.69) is 92.7 Å². The van der Waals surface area contributed by atoms with E-state index >= 15 is 0 Å². The van der Waals surface area contributed by atoms with Crippen LogP contribution in [0.1, 0.15) is 25.0 Å². The summed E-state index contributed by atoms with van der Waals surface area (Å²) in [5.74, 6) is 1.87. The summed E-state index contributed by atoms with van der Waals surface area (Å²) in [5.41, 5.74) is 14.1. The molecule has 3 heterocycles. The van der Waals surface area contributed by atoms with Crippen LogP contribution in [-0.4, -0.2) is 24.9 Å². The van der Waals surface area contributed by atoms with Crippen LogP contribution in [-0.2, 0) is 5.41 Å². The molecule has 0 saturated carbocycles. The summed E-state index contributed by atoms with van der Waals surface area (Å²) in [5, 5.41) is 2.08. The second-order valence-electron chi connectivity index (χ2n) is 14.2. The Bertz CT molecular complexity index is 2810. The van der Waals surface area contributed by atoms with Gasteiger partial charge < -0.3 is 0 Å². The SMILES string of the molecule is CC1(C)c2ccccc2-c2cc(-c3cc(-c4nc(-c5ccccc5)nc(-c5ccccc5)n4)cc(-c4cc5cccnc5c5ncccc45)c3)ccc21. The molecule has 0 amide bonds. The van der Waals surface area contributed by atoms with E-state index in [1.54, 1.807) is 0 Å². The third-order valence-corrected chi connectivity index (χ3v) is 10.6. The van der Waals surface area contributed by atoms with E-state index in [0.29, 0.717) is 17.5 Å². The Morgan fingerprint density at radius 2 is 0.962 bits per heavy atom. The average Bonchev–Trinajstić information content (AvgIpc) is 3.46. The third kappa shape index (κ3) is 5.20. The molecular weight excluding hydrogens is 647 g/mol. The minimum Gasteiger partial charge on any atom is -0.254 e. The van der Waals surface area contributed by atoms with E-state index < -0.39 is 0 Å². The van der Waals surface area contributed by atoms with E-state index in [4.69, 9.17) is 24.9 Å². The van der Waals surface area contributed by atoms with Crippen LogP contribution in [0.5, 0.6) is 0 Å². The fraction of sp³-hybridized carbons (Fsp3) is 0.0625. The number of nitrogens with zero attached hydrogens (tertiary/aromatic N) is 5. The number of hydrogen-bond acceptors (Lipinski definition) is 5. The van der Waals surface area contributed by atoms with E-state index in [1.807, 2.05) is 85.2 Å². The monoisotopic (exact) mass is 679 g/mol. The molecule has 10 rings (SSSR count). The predicted molar refractivity (Wildman–Crippen MR) is 215 cm³/mol. The van der Waals surface area contributed by atoms with E-state index in [9.17, 15) is 0 Å². The first-order valence-corrected chi connectivity index (χ1v) is 17.9. The van der Waals surface area contributed by atoms with Crippen molar-refractivity contribution >= 4 is 21.8 Å². The summed E-state index contributed by atoms with van der Waals surface area (Å²) in [6.07, 6.45) is 3.67. The normalized spacial score (nSPS) is 12.9. The molecule has 0 fully saturated rings. The van der Waals surface area contributed by atoms with Crippen LogP contribution >= 0.6 is 0 Å². The lowest BCUT2D eigenvalue weighted by Gasteiger charge is -2.21. The van der Waals surface area contributed by atoms with Gasteiger partial charge in [0.15, 0.2) is 17.5 Å². The smallest absolute Gasteiger partial charge is 0.164 e. The first-order chi connectivity index (χ1) is 26.0. The van der Waals surface area contributed by atoms with Crippen LogP contribution < -0.4 is 0 Å². The van der Waals surface area contributed by atoms with Crippen LogP contribution in [0.15, 0.2) is 164 Å². The summed E-state index contributed by atoms with van der Waals surface area (Å²) < 4.78 is 0. The van der Waals surface area contributed by atoms with Crippen molar-refractivity contribution in [2.75, 3.05) is 0 Å². The Morgan fingerprint density at radius 3 is 1.70 bits per heavy atom. The molecule has 5 nitrogen and oxygen atoms in total. The van der Waals surface area contributed by atoms with Crippen molar-refractivity contribution in [1.82, 2.24) is 24.9 Å². The molecule has 1 aliphatic rings. The van der Waals surface area contributed by atoms with Crippen molar-refractivity contribution in [1.29, 1.82) is 0 Å². The largest absolute Gasteiger partial charge is 0.254 e. The summed E-state index contributed by atoms with van der Waals surface area (Å²) in [4.78, 5) is 24.8. The highest BCUT2D eigenvalue weighted by Crippen LogP contribution is 2.50. The molecular formula is C48H33N5. The molecule has 0 bridgehead atoms. The molecule has 9 aromatic rings. The molecule has 0 radical (unpaired) electrons. The van der Waals surface area contributed by atoms with Gasteiger partial charge in [-0.15, -0.1) is 0 Å². The van der Waals surface area contributed by atoms with Crippen LogP contribution in [0.3, 0.4) is 0 Å². The molecule has 0 spiro atoms. The van der Waals surface area contributed by atoms with Crippen molar-refractivity contribution in [2.24, 2.45) is 0 Å². The zero-order valence-corrected chi connectivity index (χ0v) is 29.3. The Hall–Kier alpha value is -6.85.